The van der Waals surface area contributed by atoms with Gasteiger partial charge < -0.3 is 9.26 Å². The summed E-state index contributed by atoms with van der Waals surface area (Å²) in [5, 5.41) is 6.79. The second kappa shape index (κ2) is 7.39. The lowest BCUT2D eigenvalue weighted by Gasteiger charge is -2.28. The summed E-state index contributed by atoms with van der Waals surface area (Å²) in [6.45, 7) is 5.85. The molecule has 122 valence electrons. The summed E-state index contributed by atoms with van der Waals surface area (Å²) in [6.07, 6.45) is 0. The SMILES string of the molecule is CC(CN1CCOCC1)C(=O)Nc1cc(-c2ccccc2)no1. The number of hydrogen-bond donors (Lipinski definition) is 1. The number of amides is 1. The first kappa shape index (κ1) is 15.7. The molecule has 0 saturated carbocycles. The Morgan fingerprint density at radius 1 is 1.30 bits per heavy atom. The van der Waals surface area contributed by atoms with E-state index in [4.69, 9.17) is 9.26 Å². The van der Waals surface area contributed by atoms with Gasteiger partial charge in [0.25, 0.3) is 0 Å². The van der Waals surface area contributed by atoms with Gasteiger partial charge >= 0.3 is 0 Å². The first-order valence-corrected chi connectivity index (χ1v) is 7.85. The van der Waals surface area contributed by atoms with Gasteiger partial charge in [-0.1, -0.05) is 42.4 Å². The Hall–Kier alpha value is -2.18. The standard InChI is InChI=1S/C17H21N3O3/c1-13(12-20-7-9-22-10-8-20)17(21)18-16-11-15(19-23-16)14-5-3-2-4-6-14/h2-6,11,13H,7-10,12H2,1H3,(H,18,21). The zero-order valence-electron chi connectivity index (χ0n) is 13.2. The maximum absolute atomic E-state index is 12.3. The van der Waals surface area contributed by atoms with Gasteiger partial charge in [0.1, 0.15) is 5.69 Å². The van der Waals surface area contributed by atoms with E-state index in [2.05, 4.69) is 15.4 Å². The van der Waals surface area contributed by atoms with E-state index in [9.17, 15) is 4.79 Å². The van der Waals surface area contributed by atoms with E-state index >= 15 is 0 Å². The van der Waals surface area contributed by atoms with Gasteiger partial charge in [-0.15, -0.1) is 0 Å². The summed E-state index contributed by atoms with van der Waals surface area (Å²) in [4.78, 5) is 14.5. The average molecular weight is 315 g/mol. The van der Waals surface area contributed by atoms with Crippen LogP contribution in [0.1, 0.15) is 6.92 Å². The predicted molar refractivity (Wildman–Crippen MR) is 87.0 cm³/mol. The number of morpholine rings is 1. The molecule has 0 spiro atoms. The van der Waals surface area contributed by atoms with Gasteiger partial charge in [-0.25, -0.2) is 0 Å². The van der Waals surface area contributed by atoms with Crippen LogP contribution >= 0.6 is 0 Å². The molecule has 1 unspecified atom stereocenters. The van der Waals surface area contributed by atoms with Crippen LogP contribution in [-0.2, 0) is 9.53 Å². The van der Waals surface area contributed by atoms with Crippen molar-refractivity contribution in [3.63, 3.8) is 0 Å². The van der Waals surface area contributed by atoms with Gasteiger partial charge in [0, 0.05) is 37.2 Å². The Labute approximate surface area is 135 Å². The lowest BCUT2D eigenvalue weighted by molar-refractivity contribution is -0.120. The quantitative estimate of drug-likeness (QED) is 0.916. The Morgan fingerprint density at radius 3 is 2.78 bits per heavy atom. The van der Waals surface area contributed by atoms with Crippen molar-refractivity contribution in [2.45, 2.75) is 6.92 Å². The molecule has 0 radical (unpaired) electrons. The fourth-order valence-electron chi connectivity index (χ4n) is 2.58. The van der Waals surface area contributed by atoms with Crippen molar-refractivity contribution in [2.75, 3.05) is 38.2 Å². The lowest BCUT2D eigenvalue weighted by Crippen LogP contribution is -2.41. The third-order valence-electron chi connectivity index (χ3n) is 3.91. The highest BCUT2D eigenvalue weighted by Gasteiger charge is 2.20. The number of rotatable bonds is 5. The van der Waals surface area contributed by atoms with E-state index in [0.29, 0.717) is 11.6 Å². The van der Waals surface area contributed by atoms with Crippen molar-refractivity contribution in [2.24, 2.45) is 5.92 Å². The molecule has 1 amide bonds. The van der Waals surface area contributed by atoms with Crippen molar-refractivity contribution < 1.29 is 14.1 Å². The topological polar surface area (TPSA) is 67.6 Å². The number of anilines is 1. The normalized spacial score (nSPS) is 16.9. The number of ether oxygens (including phenoxy) is 1. The number of aromatic nitrogens is 1. The Bertz CT molecular complexity index is 636. The molecule has 1 aromatic carbocycles. The maximum Gasteiger partial charge on any atom is 0.231 e. The largest absolute Gasteiger partial charge is 0.379 e. The summed E-state index contributed by atoms with van der Waals surface area (Å²) in [7, 11) is 0. The second-order valence-electron chi connectivity index (χ2n) is 5.75. The molecule has 6 heteroatoms. The van der Waals surface area contributed by atoms with Gasteiger partial charge in [-0.05, 0) is 0 Å². The number of carbonyl (C=O) groups excluding carboxylic acids is 1. The minimum absolute atomic E-state index is 0.0627. The molecular formula is C17H21N3O3. The van der Waals surface area contributed by atoms with Crippen LogP contribution in [0, 0.1) is 5.92 Å². The fourth-order valence-corrected chi connectivity index (χ4v) is 2.58. The molecule has 1 aromatic heterocycles. The van der Waals surface area contributed by atoms with Crippen LogP contribution in [0.15, 0.2) is 40.9 Å². The van der Waals surface area contributed by atoms with Crippen molar-refractivity contribution in [1.82, 2.24) is 10.1 Å². The van der Waals surface area contributed by atoms with Gasteiger partial charge in [-0.2, -0.15) is 0 Å². The van der Waals surface area contributed by atoms with E-state index in [1.165, 1.54) is 0 Å². The summed E-state index contributed by atoms with van der Waals surface area (Å²) in [6, 6.07) is 11.5. The molecule has 1 saturated heterocycles. The van der Waals surface area contributed by atoms with Crippen LogP contribution in [0.25, 0.3) is 11.3 Å². The van der Waals surface area contributed by atoms with Gasteiger partial charge in [-0.3, -0.25) is 15.0 Å². The minimum Gasteiger partial charge on any atom is -0.379 e. The Kier molecular flexibility index (Phi) is 5.05. The molecule has 2 heterocycles. The lowest BCUT2D eigenvalue weighted by atomic mass is 10.1. The van der Waals surface area contributed by atoms with Crippen LogP contribution in [0.5, 0.6) is 0 Å². The van der Waals surface area contributed by atoms with Crippen molar-refractivity contribution in [3.8, 4) is 11.3 Å². The first-order valence-electron chi connectivity index (χ1n) is 7.85. The van der Waals surface area contributed by atoms with Crippen LogP contribution in [-0.4, -0.2) is 48.8 Å². The number of hydrogen-bond acceptors (Lipinski definition) is 5. The van der Waals surface area contributed by atoms with Crippen molar-refractivity contribution in [1.29, 1.82) is 0 Å². The van der Waals surface area contributed by atoms with E-state index in [1.54, 1.807) is 6.07 Å². The monoisotopic (exact) mass is 315 g/mol. The van der Waals surface area contributed by atoms with E-state index in [0.717, 1.165) is 38.4 Å². The molecule has 1 aliphatic heterocycles. The summed E-state index contributed by atoms with van der Waals surface area (Å²) >= 11 is 0. The molecule has 3 rings (SSSR count). The zero-order chi connectivity index (χ0) is 16.1. The second-order valence-corrected chi connectivity index (χ2v) is 5.75. The number of carbonyl (C=O) groups is 1. The van der Waals surface area contributed by atoms with E-state index in [-0.39, 0.29) is 11.8 Å². The van der Waals surface area contributed by atoms with Gasteiger partial charge in [0.05, 0.1) is 13.2 Å². The highest BCUT2D eigenvalue weighted by molar-refractivity contribution is 5.91. The molecular weight excluding hydrogens is 294 g/mol. The third-order valence-corrected chi connectivity index (χ3v) is 3.91. The molecule has 0 bridgehead atoms. The van der Waals surface area contributed by atoms with E-state index < -0.39 is 0 Å². The van der Waals surface area contributed by atoms with Crippen LogP contribution in [0.4, 0.5) is 5.88 Å². The van der Waals surface area contributed by atoms with Crippen LogP contribution < -0.4 is 5.32 Å². The third kappa shape index (κ3) is 4.18. The van der Waals surface area contributed by atoms with Crippen molar-refractivity contribution in [3.05, 3.63) is 36.4 Å². The summed E-state index contributed by atoms with van der Waals surface area (Å²) in [5.41, 5.74) is 1.67. The Balaban J connectivity index is 1.56. The molecule has 1 atom stereocenters. The van der Waals surface area contributed by atoms with Crippen LogP contribution in [0.2, 0.25) is 0 Å². The van der Waals surface area contributed by atoms with E-state index in [1.807, 2.05) is 37.3 Å². The van der Waals surface area contributed by atoms with Gasteiger partial charge in [0.15, 0.2) is 0 Å². The number of nitrogens with one attached hydrogen (secondary N) is 1. The van der Waals surface area contributed by atoms with Gasteiger partial charge in [0.2, 0.25) is 11.8 Å². The molecule has 23 heavy (non-hydrogen) atoms. The average Bonchev–Trinajstić information content (AvgIpc) is 3.05. The smallest absolute Gasteiger partial charge is 0.231 e. The number of benzene rings is 1. The molecule has 0 aliphatic carbocycles. The highest BCUT2D eigenvalue weighted by atomic mass is 16.5. The van der Waals surface area contributed by atoms with Crippen molar-refractivity contribution >= 4 is 11.8 Å². The minimum atomic E-state index is -0.127. The maximum atomic E-state index is 12.3. The highest BCUT2D eigenvalue weighted by Crippen LogP contribution is 2.21. The molecule has 6 nitrogen and oxygen atoms in total. The molecule has 1 aliphatic rings. The first-order chi connectivity index (χ1) is 11.2. The predicted octanol–water partition coefficient (Wildman–Crippen LogP) is 2.25. The molecule has 1 N–H and O–H groups in total. The zero-order valence-corrected chi connectivity index (χ0v) is 13.2. The van der Waals surface area contributed by atoms with Crippen LogP contribution in [0.3, 0.4) is 0 Å². The number of nitrogens with zero attached hydrogens (tertiary/aromatic N) is 2. The molecule has 2 aromatic rings. The summed E-state index contributed by atoms with van der Waals surface area (Å²) in [5.74, 6) is 0.188. The summed E-state index contributed by atoms with van der Waals surface area (Å²) < 4.78 is 10.5. The molecule has 1 fully saturated rings. The Morgan fingerprint density at radius 2 is 2.04 bits per heavy atom. The fraction of sp³-hybridized carbons (Fsp3) is 0.412.